The molecule has 4 nitrogen and oxygen atoms in total. The molecule has 1 aliphatic heterocycles. The van der Waals surface area contributed by atoms with Crippen LogP contribution in [0.4, 0.5) is 5.13 Å². The van der Waals surface area contributed by atoms with Gasteiger partial charge in [0.2, 0.25) is 0 Å². The van der Waals surface area contributed by atoms with E-state index in [0.29, 0.717) is 10.3 Å². The molecule has 1 atom stereocenters. The van der Waals surface area contributed by atoms with Crippen molar-refractivity contribution in [3.05, 3.63) is 35.2 Å². The van der Waals surface area contributed by atoms with E-state index in [1.807, 2.05) is 5.38 Å². The van der Waals surface area contributed by atoms with E-state index in [9.17, 15) is 0 Å². The van der Waals surface area contributed by atoms with E-state index in [-0.39, 0.29) is 6.04 Å². The molecule has 0 fully saturated rings. The molecule has 1 aliphatic rings. The van der Waals surface area contributed by atoms with E-state index in [4.69, 9.17) is 11.5 Å². The molecule has 1 aromatic heterocycles. The number of aliphatic imine (C=N–C) groups is 1. The number of nitrogen functional groups attached to an aromatic ring is 1. The quantitative estimate of drug-likeness (QED) is 0.883. The van der Waals surface area contributed by atoms with Gasteiger partial charge in [-0.25, -0.2) is 4.98 Å². The van der Waals surface area contributed by atoms with Crippen molar-refractivity contribution in [2.75, 3.05) is 11.5 Å². The minimum absolute atomic E-state index is 0.185. The van der Waals surface area contributed by atoms with E-state index in [1.54, 1.807) is 11.8 Å². The number of anilines is 1. The first-order chi connectivity index (χ1) is 8.72. The largest absolute Gasteiger partial charge is 0.379 e. The highest BCUT2D eigenvalue weighted by Crippen LogP contribution is 2.30. The van der Waals surface area contributed by atoms with Crippen LogP contribution in [-0.4, -0.2) is 15.9 Å². The highest BCUT2D eigenvalue weighted by atomic mass is 32.2. The lowest BCUT2D eigenvalue weighted by Gasteiger charge is -2.06. The van der Waals surface area contributed by atoms with Gasteiger partial charge in [-0.2, -0.15) is 0 Å². The molecule has 2 heterocycles. The van der Waals surface area contributed by atoms with E-state index in [0.717, 1.165) is 17.0 Å². The lowest BCUT2D eigenvalue weighted by molar-refractivity contribution is 0.848. The summed E-state index contributed by atoms with van der Waals surface area (Å²) in [7, 11) is 0. The SMILES string of the molecule is NC1=NC(c2ccc(-c3csc(N)n3)cc2)CS1. The number of benzene rings is 1. The Kier molecular flexibility index (Phi) is 2.97. The fourth-order valence-electron chi connectivity index (χ4n) is 1.86. The normalized spacial score (nSPS) is 18.9. The van der Waals surface area contributed by atoms with Gasteiger partial charge in [0.25, 0.3) is 0 Å². The van der Waals surface area contributed by atoms with Crippen LogP contribution in [0.2, 0.25) is 0 Å². The molecule has 1 aromatic carbocycles. The van der Waals surface area contributed by atoms with E-state index in [1.165, 1.54) is 16.9 Å². The van der Waals surface area contributed by atoms with Gasteiger partial charge in [0.05, 0.1) is 11.7 Å². The molecule has 0 saturated heterocycles. The summed E-state index contributed by atoms with van der Waals surface area (Å²) in [5, 5.41) is 3.24. The highest BCUT2D eigenvalue weighted by molar-refractivity contribution is 8.14. The van der Waals surface area contributed by atoms with E-state index >= 15 is 0 Å². The zero-order valence-electron chi connectivity index (χ0n) is 9.54. The number of hydrogen-bond donors (Lipinski definition) is 2. The first kappa shape index (κ1) is 11.6. The van der Waals surface area contributed by atoms with Gasteiger partial charge in [0.15, 0.2) is 10.3 Å². The van der Waals surface area contributed by atoms with Crippen molar-refractivity contribution < 1.29 is 0 Å². The topological polar surface area (TPSA) is 77.3 Å². The van der Waals surface area contributed by atoms with Gasteiger partial charge < -0.3 is 11.5 Å². The summed E-state index contributed by atoms with van der Waals surface area (Å²) in [6, 6.07) is 8.46. The Morgan fingerprint density at radius 2 is 1.94 bits per heavy atom. The fourth-order valence-corrected chi connectivity index (χ4v) is 3.23. The van der Waals surface area contributed by atoms with Crippen LogP contribution in [-0.2, 0) is 0 Å². The molecule has 0 radical (unpaired) electrons. The van der Waals surface area contributed by atoms with Crippen molar-refractivity contribution in [1.82, 2.24) is 4.98 Å². The third-order valence-corrected chi connectivity index (χ3v) is 4.34. The maximum absolute atomic E-state index is 5.68. The first-order valence-corrected chi connectivity index (χ1v) is 7.36. The molecule has 0 aliphatic carbocycles. The number of thioether (sulfide) groups is 1. The van der Waals surface area contributed by atoms with Gasteiger partial charge in [-0.15, -0.1) is 11.3 Å². The second-order valence-electron chi connectivity index (χ2n) is 3.99. The summed E-state index contributed by atoms with van der Waals surface area (Å²) in [5.74, 6) is 0.925. The maximum Gasteiger partial charge on any atom is 0.180 e. The van der Waals surface area contributed by atoms with Crippen LogP contribution in [0.15, 0.2) is 34.6 Å². The van der Waals surface area contributed by atoms with Crippen LogP contribution in [0, 0.1) is 0 Å². The molecule has 92 valence electrons. The molecule has 18 heavy (non-hydrogen) atoms. The minimum atomic E-state index is 0.185. The molecular formula is C12H12N4S2. The number of nitrogens with two attached hydrogens (primary N) is 2. The molecule has 1 unspecified atom stereocenters. The molecule has 6 heteroatoms. The van der Waals surface area contributed by atoms with Crippen LogP contribution in [0.25, 0.3) is 11.3 Å². The lowest BCUT2D eigenvalue weighted by atomic mass is 10.1. The summed E-state index contributed by atoms with van der Waals surface area (Å²) >= 11 is 3.06. The molecular weight excluding hydrogens is 264 g/mol. The predicted molar refractivity (Wildman–Crippen MR) is 78.8 cm³/mol. The Bertz CT molecular complexity index is 588. The van der Waals surface area contributed by atoms with Crippen LogP contribution in [0.3, 0.4) is 0 Å². The van der Waals surface area contributed by atoms with Crippen molar-refractivity contribution in [3.8, 4) is 11.3 Å². The molecule has 2 aromatic rings. The summed E-state index contributed by atoms with van der Waals surface area (Å²) in [4.78, 5) is 8.65. The van der Waals surface area contributed by atoms with Crippen molar-refractivity contribution >= 4 is 33.4 Å². The predicted octanol–water partition coefficient (Wildman–Crippen LogP) is 2.49. The maximum atomic E-state index is 5.68. The smallest absolute Gasteiger partial charge is 0.180 e. The Hall–Kier alpha value is -1.53. The van der Waals surface area contributed by atoms with Gasteiger partial charge in [-0.1, -0.05) is 36.0 Å². The summed E-state index contributed by atoms with van der Waals surface area (Å²) < 4.78 is 0. The number of amidine groups is 1. The van der Waals surface area contributed by atoms with Crippen molar-refractivity contribution in [2.45, 2.75) is 6.04 Å². The zero-order valence-corrected chi connectivity index (χ0v) is 11.2. The Morgan fingerprint density at radius 1 is 1.17 bits per heavy atom. The van der Waals surface area contributed by atoms with Gasteiger partial charge >= 0.3 is 0 Å². The summed E-state index contributed by atoms with van der Waals surface area (Å²) in [6.45, 7) is 0. The highest BCUT2D eigenvalue weighted by Gasteiger charge is 2.17. The van der Waals surface area contributed by atoms with E-state index in [2.05, 4.69) is 34.2 Å². The monoisotopic (exact) mass is 276 g/mol. The number of nitrogens with zero attached hydrogens (tertiary/aromatic N) is 2. The average molecular weight is 276 g/mol. The number of rotatable bonds is 2. The molecule has 0 bridgehead atoms. The average Bonchev–Trinajstić information content (AvgIpc) is 2.98. The summed E-state index contributed by atoms with van der Waals surface area (Å²) in [6.07, 6.45) is 0. The summed E-state index contributed by atoms with van der Waals surface area (Å²) in [5.41, 5.74) is 14.5. The van der Waals surface area contributed by atoms with Gasteiger partial charge in [-0.3, -0.25) is 4.99 Å². The standard InChI is InChI=1S/C12H12N4S2/c13-11-15-9(5-17-11)7-1-2-8(4-3-7)10-6-18-12(14)16-10/h1-5,10H,6H2,(H2,13,15)(H2,14,16). The molecule has 0 saturated carbocycles. The van der Waals surface area contributed by atoms with Crippen LogP contribution < -0.4 is 11.5 Å². The van der Waals surface area contributed by atoms with Crippen molar-refractivity contribution in [2.24, 2.45) is 10.7 Å². The number of hydrogen-bond acceptors (Lipinski definition) is 6. The molecule has 0 amide bonds. The van der Waals surface area contributed by atoms with Gasteiger partial charge in [0.1, 0.15) is 0 Å². The number of aromatic nitrogens is 1. The molecule has 3 rings (SSSR count). The molecule has 4 N–H and O–H groups in total. The molecule has 0 spiro atoms. The van der Waals surface area contributed by atoms with E-state index < -0.39 is 0 Å². The Morgan fingerprint density at radius 3 is 2.50 bits per heavy atom. The fraction of sp³-hybridized carbons (Fsp3) is 0.167. The third-order valence-electron chi connectivity index (χ3n) is 2.79. The minimum Gasteiger partial charge on any atom is -0.379 e. The first-order valence-electron chi connectivity index (χ1n) is 5.50. The van der Waals surface area contributed by atoms with Gasteiger partial charge in [-0.05, 0) is 5.56 Å². The lowest BCUT2D eigenvalue weighted by Crippen LogP contribution is -2.01. The van der Waals surface area contributed by atoms with Crippen molar-refractivity contribution in [3.63, 3.8) is 0 Å². The third kappa shape index (κ3) is 2.21. The van der Waals surface area contributed by atoms with Gasteiger partial charge in [0, 0.05) is 16.7 Å². The second kappa shape index (κ2) is 4.62. The van der Waals surface area contributed by atoms with Crippen molar-refractivity contribution in [1.29, 1.82) is 0 Å². The zero-order chi connectivity index (χ0) is 12.5. The number of thiazole rings is 1. The Balaban J connectivity index is 1.85. The second-order valence-corrected chi connectivity index (χ2v) is 5.92. The van der Waals surface area contributed by atoms with Crippen LogP contribution >= 0.6 is 23.1 Å². The van der Waals surface area contributed by atoms with Crippen LogP contribution in [0.5, 0.6) is 0 Å². The van der Waals surface area contributed by atoms with Crippen LogP contribution in [0.1, 0.15) is 11.6 Å². The Labute approximate surface area is 113 Å².